The van der Waals surface area contributed by atoms with E-state index >= 15 is 0 Å². The Balaban J connectivity index is 1.79. The van der Waals surface area contributed by atoms with Gasteiger partial charge in [0.15, 0.2) is 5.49 Å². The fourth-order valence-corrected chi connectivity index (χ4v) is 5.67. The Morgan fingerprint density at radius 1 is 1.10 bits per heavy atom. The van der Waals surface area contributed by atoms with Gasteiger partial charge in [-0.2, -0.15) is 0 Å². The topological polar surface area (TPSA) is 69.6 Å². The van der Waals surface area contributed by atoms with E-state index in [0.717, 1.165) is 21.2 Å². The van der Waals surface area contributed by atoms with Crippen LogP contribution >= 0.6 is 19.5 Å². The van der Waals surface area contributed by atoms with Crippen molar-refractivity contribution in [2.24, 2.45) is 0 Å². The van der Waals surface area contributed by atoms with Crippen molar-refractivity contribution in [3.05, 3.63) is 78.4 Å². The van der Waals surface area contributed by atoms with Crippen molar-refractivity contribution < 1.29 is 19.5 Å². The predicted octanol–water partition coefficient (Wildman–Crippen LogP) is 4.55. The number of carboxylic acid groups (broad SMARTS) is 1. The molecule has 0 heterocycles. The molecule has 4 nitrogen and oxygen atoms in total. The molecule has 0 saturated carbocycles. The summed E-state index contributed by atoms with van der Waals surface area (Å²) < 4.78 is 5.63. The number of carbonyl (C=O) groups is 1. The van der Waals surface area contributed by atoms with Crippen molar-refractivity contribution in [3.63, 3.8) is 0 Å². The number of fused-ring (bicyclic) bond motifs is 1. The lowest BCUT2D eigenvalue weighted by Gasteiger charge is -2.24. The first-order valence-corrected chi connectivity index (χ1v) is 11.8. The first kappa shape index (κ1) is 21.5. The maximum atomic E-state index is 12.8. The lowest BCUT2D eigenvalue weighted by Crippen LogP contribution is -2.45. The van der Waals surface area contributed by atoms with Gasteiger partial charge in [0.25, 0.3) is 0 Å². The van der Waals surface area contributed by atoms with Crippen LogP contribution in [0.5, 0.6) is 0 Å². The molecule has 1 N–H and O–H groups in total. The molecule has 0 amide bonds. The lowest BCUT2D eigenvalue weighted by molar-refractivity contribution is -0.158. The first-order chi connectivity index (χ1) is 14.0. The van der Waals surface area contributed by atoms with Gasteiger partial charge in [-0.05, 0) is 35.4 Å². The van der Waals surface area contributed by atoms with Gasteiger partial charge in [-0.1, -0.05) is 72.4 Å². The highest BCUT2D eigenvalue weighted by Crippen LogP contribution is 2.31. The SMILES string of the molecule is CCOC(C=[P+]([O-])CSc1ccc2ccccc2c1)(Cc1ccccc1)C(=O)O. The van der Waals surface area contributed by atoms with Gasteiger partial charge >= 0.3 is 5.97 Å². The van der Waals surface area contributed by atoms with Crippen molar-refractivity contribution in [2.45, 2.75) is 23.8 Å². The summed E-state index contributed by atoms with van der Waals surface area (Å²) in [7, 11) is -1.89. The van der Waals surface area contributed by atoms with E-state index < -0.39 is 19.3 Å². The van der Waals surface area contributed by atoms with Crippen molar-refractivity contribution in [1.29, 1.82) is 0 Å². The zero-order chi connectivity index (χ0) is 20.7. The Labute approximate surface area is 176 Å². The smallest absolute Gasteiger partial charge is 0.344 e. The van der Waals surface area contributed by atoms with Crippen molar-refractivity contribution in [2.75, 3.05) is 12.1 Å². The summed E-state index contributed by atoms with van der Waals surface area (Å²) in [6.07, 6.45) is 0.138. The monoisotopic (exact) mass is 426 g/mol. The van der Waals surface area contributed by atoms with Gasteiger partial charge in [0.05, 0.1) is 7.77 Å². The zero-order valence-corrected chi connectivity index (χ0v) is 17.9. The molecule has 3 aromatic carbocycles. The molecule has 2 atom stereocenters. The summed E-state index contributed by atoms with van der Waals surface area (Å²) in [5.41, 5.74) is -0.483. The molecule has 6 heteroatoms. The second-order valence-corrected chi connectivity index (χ2v) is 9.50. The van der Waals surface area contributed by atoms with Crippen LogP contribution in [0, 0.1) is 0 Å². The number of thioether (sulfide) groups is 1. The summed E-state index contributed by atoms with van der Waals surface area (Å²) in [4.78, 5) is 25.9. The van der Waals surface area contributed by atoms with Gasteiger partial charge < -0.3 is 14.7 Å². The van der Waals surface area contributed by atoms with Crippen LogP contribution in [-0.2, 0) is 16.0 Å². The number of benzene rings is 3. The Morgan fingerprint density at radius 3 is 2.48 bits per heavy atom. The Kier molecular flexibility index (Phi) is 7.45. The third-order valence-electron chi connectivity index (χ3n) is 4.51. The van der Waals surface area contributed by atoms with Crippen molar-refractivity contribution in [3.8, 4) is 0 Å². The van der Waals surface area contributed by atoms with Gasteiger partial charge in [0.2, 0.25) is 5.60 Å². The summed E-state index contributed by atoms with van der Waals surface area (Å²) in [5.74, 6) is 0.247. The van der Waals surface area contributed by atoms with E-state index in [-0.39, 0.29) is 13.0 Å². The van der Waals surface area contributed by atoms with E-state index in [2.05, 4.69) is 6.07 Å². The maximum absolute atomic E-state index is 12.8. The summed E-state index contributed by atoms with van der Waals surface area (Å²) in [6, 6.07) is 23.4. The molecule has 3 rings (SSSR count). The van der Waals surface area contributed by atoms with Crippen LogP contribution in [0.15, 0.2) is 77.7 Å². The Bertz CT molecular complexity index is 1010. The molecule has 0 aliphatic heterocycles. The zero-order valence-electron chi connectivity index (χ0n) is 16.2. The molecule has 0 radical (unpaired) electrons. The number of carboxylic acids is 1. The quantitative estimate of drug-likeness (QED) is 0.402. The molecule has 0 saturated heterocycles. The minimum atomic E-state index is -1.89. The van der Waals surface area contributed by atoms with Gasteiger partial charge in [-0.3, -0.25) is 0 Å². The van der Waals surface area contributed by atoms with E-state index in [4.69, 9.17) is 4.74 Å². The largest absolute Gasteiger partial charge is 0.630 e. The van der Waals surface area contributed by atoms with Crippen molar-refractivity contribution in [1.82, 2.24) is 0 Å². The van der Waals surface area contributed by atoms with E-state index in [0.29, 0.717) is 5.49 Å². The third kappa shape index (κ3) is 5.68. The molecular weight excluding hydrogens is 403 g/mol. The second-order valence-electron chi connectivity index (χ2n) is 6.62. The van der Waals surface area contributed by atoms with Crippen LogP contribution in [0.25, 0.3) is 10.8 Å². The molecule has 3 aromatic rings. The molecule has 0 aliphatic rings. The number of aliphatic carboxylic acids is 1. The Morgan fingerprint density at radius 2 is 1.79 bits per heavy atom. The second kappa shape index (κ2) is 10.0. The fourth-order valence-electron chi connectivity index (χ4n) is 3.15. The molecular formula is C23H23O4PS. The summed E-state index contributed by atoms with van der Waals surface area (Å²) in [5, 5.41) is 12.1. The van der Waals surface area contributed by atoms with E-state index in [9.17, 15) is 14.8 Å². The molecule has 0 aromatic heterocycles. The predicted molar refractivity (Wildman–Crippen MR) is 120 cm³/mol. The highest BCUT2D eigenvalue weighted by Gasteiger charge is 2.41. The highest BCUT2D eigenvalue weighted by molar-refractivity contribution is 8.04. The van der Waals surface area contributed by atoms with Crippen LogP contribution < -0.4 is 4.89 Å². The fraction of sp³-hybridized carbons (Fsp3) is 0.217. The van der Waals surface area contributed by atoms with Gasteiger partial charge in [-0.25, -0.2) is 4.79 Å². The van der Waals surface area contributed by atoms with Crippen LogP contribution in [-0.4, -0.2) is 34.6 Å². The molecule has 2 unspecified atom stereocenters. The molecule has 29 heavy (non-hydrogen) atoms. The van der Waals surface area contributed by atoms with E-state index in [1.165, 1.54) is 17.6 Å². The minimum Gasteiger partial charge on any atom is -0.630 e. The number of hydrogen-bond donors (Lipinski definition) is 1. The normalized spacial score (nSPS) is 13.9. The molecule has 0 aliphatic carbocycles. The van der Waals surface area contributed by atoms with Crippen molar-refractivity contribution >= 4 is 42.1 Å². The number of ether oxygens (including phenoxy) is 1. The van der Waals surface area contributed by atoms with Gasteiger partial charge in [0, 0.05) is 17.9 Å². The van der Waals surface area contributed by atoms with Crippen LogP contribution in [0.1, 0.15) is 12.5 Å². The average molecular weight is 426 g/mol. The van der Waals surface area contributed by atoms with Crippen LogP contribution in [0.4, 0.5) is 0 Å². The standard InChI is InChI=1S/C23H23O4PS/c1-2-27-23(22(24)25,15-18-8-4-3-5-9-18)16-28(26)17-29-21-13-12-19-10-6-7-11-20(19)14-21/h3-14,16H,2,15,17H2,1H3,(H,24,25). The van der Waals surface area contributed by atoms with E-state index in [1.807, 2.05) is 66.7 Å². The van der Waals surface area contributed by atoms with Crippen LogP contribution in [0.2, 0.25) is 0 Å². The average Bonchev–Trinajstić information content (AvgIpc) is 2.73. The maximum Gasteiger partial charge on any atom is 0.344 e. The van der Waals surface area contributed by atoms with Gasteiger partial charge in [-0.15, -0.1) is 0 Å². The van der Waals surface area contributed by atoms with Crippen LogP contribution in [0.3, 0.4) is 0 Å². The lowest BCUT2D eigenvalue weighted by atomic mass is 9.96. The Hall–Kier alpha value is -2.17. The molecule has 0 bridgehead atoms. The number of hydrogen-bond acceptors (Lipinski definition) is 4. The van der Waals surface area contributed by atoms with E-state index in [1.54, 1.807) is 6.92 Å². The molecule has 150 valence electrons. The summed E-state index contributed by atoms with van der Waals surface area (Å²) >= 11 is 1.46. The molecule has 0 fully saturated rings. The van der Waals surface area contributed by atoms with Gasteiger partial charge in [0.1, 0.15) is 5.80 Å². The first-order valence-electron chi connectivity index (χ1n) is 9.35. The third-order valence-corrected chi connectivity index (χ3v) is 7.33. The minimum absolute atomic E-state index is 0.138. The summed E-state index contributed by atoms with van der Waals surface area (Å²) in [6.45, 7) is 1.96. The molecule has 0 spiro atoms. The number of rotatable bonds is 9. The highest BCUT2D eigenvalue weighted by atomic mass is 32.2.